The zero-order valence-corrected chi connectivity index (χ0v) is 17.8. The highest BCUT2D eigenvalue weighted by molar-refractivity contribution is 5.76. The Balaban J connectivity index is 2.33. The Kier molecular flexibility index (Phi) is 8.97. The van der Waals surface area contributed by atoms with E-state index in [9.17, 15) is 9.59 Å². The maximum Gasteiger partial charge on any atom is 0.220 e. The van der Waals surface area contributed by atoms with E-state index in [0.717, 1.165) is 5.56 Å². The van der Waals surface area contributed by atoms with Crippen LogP contribution >= 0.6 is 0 Å². The van der Waals surface area contributed by atoms with Crippen molar-refractivity contribution in [2.75, 3.05) is 19.8 Å². The zero-order valence-electron chi connectivity index (χ0n) is 17.8. The zero-order chi connectivity index (χ0) is 20.5. The summed E-state index contributed by atoms with van der Waals surface area (Å²) in [5, 5.41) is 5.88. The molecular weight excluding hydrogens is 340 g/mol. The van der Waals surface area contributed by atoms with Gasteiger partial charge in [0.1, 0.15) is 0 Å². The molecule has 2 amide bonds. The second-order valence-corrected chi connectivity index (χ2v) is 8.89. The van der Waals surface area contributed by atoms with E-state index in [4.69, 9.17) is 4.74 Å². The molecule has 1 aromatic rings. The first-order chi connectivity index (χ1) is 12.5. The molecule has 0 bridgehead atoms. The van der Waals surface area contributed by atoms with Gasteiger partial charge in [-0.3, -0.25) is 9.59 Å². The average Bonchev–Trinajstić information content (AvgIpc) is 2.58. The Labute approximate surface area is 164 Å². The maximum absolute atomic E-state index is 12.3. The van der Waals surface area contributed by atoms with Crippen LogP contribution in [0.25, 0.3) is 0 Å². The van der Waals surface area contributed by atoms with Gasteiger partial charge in [0.2, 0.25) is 11.8 Å². The number of carbonyl (C=O) groups is 2. The minimum atomic E-state index is -0.250. The molecule has 1 rings (SSSR count). The lowest BCUT2D eigenvalue weighted by atomic mass is 9.89. The number of amides is 2. The van der Waals surface area contributed by atoms with Crippen molar-refractivity contribution < 1.29 is 14.3 Å². The molecule has 2 N–H and O–H groups in total. The van der Waals surface area contributed by atoms with Gasteiger partial charge in [-0.2, -0.15) is 0 Å². The van der Waals surface area contributed by atoms with Gasteiger partial charge in [0, 0.05) is 31.3 Å². The molecule has 0 aromatic heterocycles. The average molecular weight is 377 g/mol. The molecule has 0 radical (unpaired) electrons. The molecule has 0 aliphatic heterocycles. The van der Waals surface area contributed by atoms with Crippen molar-refractivity contribution in [2.24, 2.45) is 10.8 Å². The van der Waals surface area contributed by atoms with Crippen molar-refractivity contribution in [1.29, 1.82) is 0 Å². The molecule has 0 fully saturated rings. The van der Waals surface area contributed by atoms with Gasteiger partial charge >= 0.3 is 0 Å². The smallest absolute Gasteiger partial charge is 0.220 e. The van der Waals surface area contributed by atoms with Crippen molar-refractivity contribution in [3.63, 3.8) is 0 Å². The lowest BCUT2D eigenvalue weighted by molar-refractivity contribution is -0.125. The standard InChI is InChI=1S/C22H36N2O3/c1-7-19(25)24-14-22(5,6)16-27-15-21(3,4)12-20(26)23-13-18-10-8-17(2)9-11-18/h8-11H,7,12-16H2,1-6H3,(H,23,26)(H,24,25). The lowest BCUT2D eigenvalue weighted by Crippen LogP contribution is -2.37. The first kappa shape index (κ1) is 23.2. The summed E-state index contributed by atoms with van der Waals surface area (Å²) >= 11 is 0. The Morgan fingerprint density at radius 1 is 0.926 bits per heavy atom. The molecular formula is C22H36N2O3. The minimum absolute atomic E-state index is 0.0265. The summed E-state index contributed by atoms with van der Waals surface area (Å²) in [4.78, 5) is 23.7. The van der Waals surface area contributed by atoms with Gasteiger partial charge in [-0.05, 0) is 17.9 Å². The number of rotatable bonds is 11. The number of ether oxygens (including phenoxy) is 1. The molecule has 0 atom stereocenters. The third kappa shape index (κ3) is 10.1. The summed E-state index contributed by atoms with van der Waals surface area (Å²) < 4.78 is 5.87. The van der Waals surface area contributed by atoms with Crippen LogP contribution in [0.15, 0.2) is 24.3 Å². The Morgan fingerprint density at radius 2 is 1.52 bits per heavy atom. The Morgan fingerprint density at radius 3 is 2.11 bits per heavy atom. The second-order valence-electron chi connectivity index (χ2n) is 8.89. The fourth-order valence-electron chi connectivity index (χ4n) is 2.57. The predicted molar refractivity (Wildman–Crippen MR) is 109 cm³/mol. The van der Waals surface area contributed by atoms with Crippen molar-refractivity contribution in [2.45, 2.75) is 60.9 Å². The SMILES string of the molecule is CCC(=O)NCC(C)(C)COCC(C)(C)CC(=O)NCc1ccc(C)cc1. The molecule has 5 heteroatoms. The highest BCUT2D eigenvalue weighted by Gasteiger charge is 2.25. The van der Waals surface area contributed by atoms with Gasteiger partial charge < -0.3 is 15.4 Å². The maximum atomic E-state index is 12.3. The molecule has 1 aromatic carbocycles. The van der Waals surface area contributed by atoms with E-state index in [1.54, 1.807) is 0 Å². The molecule has 0 spiro atoms. The van der Waals surface area contributed by atoms with Crippen LogP contribution in [0.2, 0.25) is 0 Å². The van der Waals surface area contributed by atoms with Crippen LogP contribution in [-0.4, -0.2) is 31.6 Å². The number of hydrogen-bond donors (Lipinski definition) is 2. The van der Waals surface area contributed by atoms with Crippen LogP contribution in [-0.2, 0) is 20.9 Å². The summed E-state index contributed by atoms with van der Waals surface area (Å²) in [6, 6.07) is 8.15. The third-order valence-corrected chi connectivity index (χ3v) is 4.32. The first-order valence-corrected chi connectivity index (χ1v) is 9.70. The van der Waals surface area contributed by atoms with Gasteiger partial charge in [-0.15, -0.1) is 0 Å². The van der Waals surface area contributed by atoms with Crippen LogP contribution in [0.4, 0.5) is 0 Å². The molecule has 0 aliphatic rings. The normalized spacial score (nSPS) is 11.9. The van der Waals surface area contributed by atoms with Crippen LogP contribution < -0.4 is 10.6 Å². The molecule has 0 saturated carbocycles. The second kappa shape index (κ2) is 10.5. The van der Waals surface area contributed by atoms with Crippen LogP contribution in [0.3, 0.4) is 0 Å². The molecule has 0 aliphatic carbocycles. The van der Waals surface area contributed by atoms with Crippen LogP contribution in [0.1, 0.15) is 58.6 Å². The quantitative estimate of drug-likeness (QED) is 0.620. The van der Waals surface area contributed by atoms with Crippen LogP contribution in [0.5, 0.6) is 0 Å². The molecule has 27 heavy (non-hydrogen) atoms. The van der Waals surface area contributed by atoms with Crippen LogP contribution in [0, 0.1) is 17.8 Å². The van der Waals surface area contributed by atoms with Gasteiger partial charge in [-0.1, -0.05) is 64.4 Å². The Hall–Kier alpha value is -1.88. The topological polar surface area (TPSA) is 67.4 Å². The first-order valence-electron chi connectivity index (χ1n) is 9.70. The fraction of sp³-hybridized carbons (Fsp3) is 0.636. The van der Waals surface area contributed by atoms with Gasteiger partial charge in [0.05, 0.1) is 13.2 Å². The molecule has 0 heterocycles. The van der Waals surface area contributed by atoms with E-state index in [0.29, 0.717) is 39.1 Å². The highest BCUT2D eigenvalue weighted by Crippen LogP contribution is 2.23. The van der Waals surface area contributed by atoms with Crippen molar-refractivity contribution in [3.05, 3.63) is 35.4 Å². The van der Waals surface area contributed by atoms with Crippen molar-refractivity contribution in [3.8, 4) is 0 Å². The van der Waals surface area contributed by atoms with E-state index >= 15 is 0 Å². The van der Waals surface area contributed by atoms with Gasteiger partial charge in [0.15, 0.2) is 0 Å². The highest BCUT2D eigenvalue weighted by atomic mass is 16.5. The summed E-state index contributed by atoms with van der Waals surface area (Å²) in [5.74, 6) is 0.0762. The third-order valence-electron chi connectivity index (χ3n) is 4.32. The summed E-state index contributed by atoms with van der Waals surface area (Å²) in [5.41, 5.74) is 1.91. The monoisotopic (exact) mass is 376 g/mol. The molecule has 0 saturated heterocycles. The van der Waals surface area contributed by atoms with Crippen molar-refractivity contribution >= 4 is 11.8 Å². The van der Waals surface area contributed by atoms with E-state index < -0.39 is 0 Å². The van der Waals surface area contributed by atoms with Gasteiger partial charge in [0.25, 0.3) is 0 Å². The van der Waals surface area contributed by atoms with Crippen molar-refractivity contribution in [1.82, 2.24) is 10.6 Å². The van der Waals surface area contributed by atoms with E-state index in [1.165, 1.54) is 5.56 Å². The van der Waals surface area contributed by atoms with Gasteiger partial charge in [-0.25, -0.2) is 0 Å². The summed E-state index contributed by atoms with van der Waals surface area (Å²) in [7, 11) is 0. The number of aryl methyl sites for hydroxylation is 1. The molecule has 152 valence electrons. The minimum Gasteiger partial charge on any atom is -0.380 e. The number of carbonyl (C=O) groups excluding carboxylic acids is 2. The molecule has 5 nitrogen and oxygen atoms in total. The number of hydrogen-bond acceptors (Lipinski definition) is 3. The summed E-state index contributed by atoms with van der Waals surface area (Å²) in [6.07, 6.45) is 0.896. The van der Waals surface area contributed by atoms with E-state index in [2.05, 4.69) is 24.5 Å². The lowest BCUT2D eigenvalue weighted by Gasteiger charge is -2.29. The predicted octanol–water partition coefficient (Wildman–Crippen LogP) is 3.60. The Bertz CT molecular complexity index is 606. The largest absolute Gasteiger partial charge is 0.380 e. The fourth-order valence-corrected chi connectivity index (χ4v) is 2.57. The number of nitrogens with one attached hydrogen (secondary N) is 2. The van der Waals surface area contributed by atoms with E-state index in [1.807, 2.05) is 52.0 Å². The number of benzene rings is 1. The summed E-state index contributed by atoms with van der Waals surface area (Å²) in [6.45, 7) is 14.2. The van der Waals surface area contributed by atoms with E-state index in [-0.39, 0.29) is 22.6 Å². The molecule has 0 unspecified atom stereocenters.